The summed E-state index contributed by atoms with van der Waals surface area (Å²) in [6, 6.07) is 0. The highest BCUT2D eigenvalue weighted by atomic mass is 31.2. The monoisotopic (exact) mass is 1560 g/mol. The van der Waals surface area contributed by atoms with E-state index in [2.05, 4.69) is 34.6 Å². The van der Waals surface area contributed by atoms with Crippen molar-refractivity contribution in [1.82, 2.24) is 0 Å². The molecule has 5 atom stereocenters. The van der Waals surface area contributed by atoms with Gasteiger partial charge in [0.2, 0.25) is 0 Å². The lowest BCUT2D eigenvalue weighted by Gasteiger charge is -2.21. The molecular weight excluding hydrogens is 1390 g/mol. The van der Waals surface area contributed by atoms with Crippen LogP contribution >= 0.6 is 15.6 Å². The number of rotatable bonds is 88. The van der Waals surface area contributed by atoms with E-state index in [1.54, 1.807) is 0 Å². The summed E-state index contributed by atoms with van der Waals surface area (Å²) in [6.45, 7) is 7.35. The lowest BCUT2D eigenvalue weighted by atomic mass is 10.0. The number of phosphoric acid groups is 2. The summed E-state index contributed by atoms with van der Waals surface area (Å²) in [5, 5.41) is 10.7. The maximum atomic E-state index is 13.2. The molecule has 0 aliphatic heterocycles. The van der Waals surface area contributed by atoms with Crippen molar-refractivity contribution in [3.05, 3.63) is 0 Å². The van der Waals surface area contributed by atoms with Crippen LogP contribution in [0.4, 0.5) is 0 Å². The molecule has 0 amide bonds. The van der Waals surface area contributed by atoms with Gasteiger partial charge >= 0.3 is 39.5 Å². The van der Waals surface area contributed by atoms with E-state index in [0.717, 1.165) is 95.8 Å². The Morgan fingerprint density at radius 3 is 0.636 bits per heavy atom. The van der Waals surface area contributed by atoms with Gasteiger partial charge in [0, 0.05) is 25.7 Å². The van der Waals surface area contributed by atoms with E-state index in [9.17, 15) is 43.2 Å². The normalized spacial score (nSPS) is 13.7. The lowest BCUT2D eigenvalue weighted by Crippen LogP contribution is -2.30. The molecule has 3 N–H and O–H groups in total. The molecule has 0 saturated heterocycles. The van der Waals surface area contributed by atoms with Crippen molar-refractivity contribution in [3.63, 3.8) is 0 Å². The third-order valence-electron chi connectivity index (χ3n) is 20.8. The van der Waals surface area contributed by atoms with Crippen molar-refractivity contribution in [2.45, 2.75) is 496 Å². The number of hydrogen-bond donors (Lipinski definition) is 3. The minimum Gasteiger partial charge on any atom is -0.462 e. The van der Waals surface area contributed by atoms with Crippen molar-refractivity contribution in [2.24, 2.45) is 5.92 Å². The molecule has 17 nitrogen and oxygen atoms in total. The van der Waals surface area contributed by atoms with Crippen LogP contribution in [0.25, 0.3) is 0 Å². The molecule has 107 heavy (non-hydrogen) atoms. The Kier molecular flexibility index (Phi) is 79.2. The molecule has 636 valence electrons. The molecule has 0 fully saturated rings. The van der Waals surface area contributed by atoms with Gasteiger partial charge in [-0.05, 0) is 31.6 Å². The molecular formula is C88H172O17P2. The van der Waals surface area contributed by atoms with E-state index < -0.39 is 97.5 Å². The Labute approximate surface area is 658 Å². The molecule has 0 radical (unpaired) electrons. The van der Waals surface area contributed by atoms with Gasteiger partial charge in [-0.1, -0.05) is 426 Å². The Bertz CT molecular complexity index is 2030. The first-order valence-corrected chi connectivity index (χ1v) is 48.6. The van der Waals surface area contributed by atoms with Crippen LogP contribution in [-0.4, -0.2) is 96.7 Å². The zero-order chi connectivity index (χ0) is 78.3. The summed E-state index contributed by atoms with van der Waals surface area (Å²) < 4.78 is 68.9. The van der Waals surface area contributed by atoms with Gasteiger partial charge in [0.15, 0.2) is 12.2 Å². The van der Waals surface area contributed by atoms with Gasteiger partial charge in [-0.3, -0.25) is 37.3 Å². The van der Waals surface area contributed by atoms with Crippen LogP contribution in [-0.2, 0) is 65.4 Å². The number of aliphatic hydroxyl groups excluding tert-OH is 1. The minimum atomic E-state index is -4.97. The molecule has 0 aromatic heterocycles. The van der Waals surface area contributed by atoms with Gasteiger partial charge in [0.1, 0.15) is 19.3 Å². The Hall–Kier alpha value is -1.94. The second-order valence-electron chi connectivity index (χ2n) is 32.1. The summed E-state index contributed by atoms with van der Waals surface area (Å²) in [5.41, 5.74) is 0. The highest BCUT2D eigenvalue weighted by molar-refractivity contribution is 7.47. The van der Waals surface area contributed by atoms with Gasteiger partial charge in [-0.15, -0.1) is 0 Å². The topological polar surface area (TPSA) is 237 Å². The van der Waals surface area contributed by atoms with Crippen molar-refractivity contribution in [1.29, 1.82) is 0 Å². The predicted molar refractivity (Wildman–Crippen MR) is 442 cm³/mol. The molecule has 0 bridgehead atoms. The largest absolute Gasteiger partial charge is 0.472 e. The average Bonchev–Trinajstić information content (AvgIpc) is 0.905. The molecule has 0 saturated carbocycles. The van der Waals surface area contributed by atoms with Crippen LogP contribution in [0.5, 0.6) is 0 Å². The maximum Gasteiger partial charge on any atom is 0.472 e. The van der Waals surface area contributed by atoms with E-state index in [-0.39, 0.29) is 25.7 Å². The molecule has 19 heteroatoms. The van der Waals surface area contributed by atoms with Crippen molar-refractivity contribution in [3.8, 4) is 0 Å². The molecule has 0 rings (SSSR count). The lowest BCUT2D eigenvalue weighted by molar-refractivity contribution is -0.161. The van der Waals surface area contributed by atoms with Gasteiger partial charge in [-0.2, -0.15) is 0 Å². The molecule has 0 aromatic rings. The van der Waals surface area contributed by atoms with Crippen molar-refractivity contribution >= 4 is 39.5 Å². The average molecular weight is 1560 g/mol. The van der Waals surface area contributed by atoms with Crippen LogP contribution < -0.4 is 0 Å². The molecule has 0 aromatic carbocycles. The SMILES string of the molecule is CCCCCCCCCCCCCCCCCCCCCCCCC(=O)O[C@H](COC(=O)CCCCCCCCCCCCCCCCCCCCCCC)COP(=O)(O)OC[C@@H](O)COP(=O)(O)OC[C@@H](COC(=O)CCCCCCCCCCCCC)OC(=O)CCCCCCCCCCCCC(C)C. The van der Waals surface area contributed by atoms with E-state index >= 15 is 0 Å². The smallest absolute Gasteiger partial charge is 0.462 e. The minimum absolute atomic E-state index is 0.107. The van der Waals surface area contributed by atoms with Gasteiger partial charge in [-0.25, -0.2) is 9.13 Å². The van der Waals surface area contributed by atoms with Crippen LogP contribution in [0.1, 0.15) is 478 Å². The fourth-order valence-electron chi connectivity index (χ4n) is 13.8. The summed E-state index contributed by atoms with van der Waals surface area (Å²) >= 11 is 0. The van der Waals surface area contributed by atoms with Gasteiger partial charge < -0.3 is 33.8 Å². The molecule has 0 aliphatic rings. The number of esters is 4. The number of carbonyl (C=O) groups is 4. The first kappa shape index (κ1) is 105. The molecule has 0 heterocycles. The Balaban J connectivity index is 5.20. The van der Waals surface area contributed by atoms with Crippen LogP contribution in [0.3, 0.4) is 0 Å². The maximum absolute atomic E-state index is 13.2. The number of aliphatic hydroxyl groups is 1. The highest BCUT2D eigenvalue weighted by Gasteiger charge is 2.30. The third kappa shape index (κ3) is 81.9. The van der Waals surface area contributed by atoms with Gasteiger partial charge in [0.25, 0.3) is 0 Å². The fraction of sp³-hybridized carbons (Fsp3) is 0.955. The van der Waals surface area contributed by atoms with Crippen LogP contribution in [0, 0.1) is 5.92 Å². The Morgan fingerprint density at radius 2 is 0.430 bits per heavy atom. The van der Waals surface area contributed by atoms with E-state index in [1.807, 2.05) is 0 Å². The number of phosphoric ester groups is 2. The highest BCUT2D eigenvalue weighted by Crippen LogP contribution is 2.45. The van der Waals surface area contributed by atoms with E-state index in [4.69, 9.17) is 37.0 Å². The van der Waals surface area contributed by atoms with Crippen LogP contribution in [0.2, 0.25) is 0 Å². The first-order chi connectivity index (χ1) is 52.0. The van der Waals surface area contributed by atoms with Crippen molar-refractivity contribution < 1.29 is 80.2 Å². The zero-order valence-electron chi connectivity index (χ0n) is 70.3. The number of hydrogen-bond acceptors (Lipinski definition) is 15. The first-order valence-electron chi connectivity index (χ1n) is 45.6. The molecule has 0 aliphatic carbocycles. The number of carbonyl (C=O) groups excluding carboxylic acids is 4. The fourth-order valence-corrected chi connectivity index (χ4v) is 15.4. The molecule has 2 unspecified atom stereocenters. The zero-order valence-corrected chi connectivity index (χ0v) is 72.1. The van der Waals surface area contributed by atoms with E-state index in [1.165, 1.54) is 302 Å². The number of unbranched alkanes of at least 4 members (excludes halogenated alkanes) is 60. The summed E-state index contributed by atoms with van der Waals surface area (Å²) in [7, 11) is -9.93. The van der Waals surface area contributed by atoms with Crippen LogP contribution in [0.15, 0.2) is 0 Å². The summed E-state index contributed by atoms with van der Waals surface area (Å²) in [6.07, 6.45) is 75.2. The molecule has 0 spiro atoms. The summed E-state index contributed by atoms with van der Waals surface area (Å²) in [5.74, 6) is -1.35. The Morgan fingerprint density at radius 1 is 0.252 bits per heavy atom. The second kappa shape index (κ2) is 80.7. The number of ether oxygens (including phenoxy) is 4. The van der Waals surface area contributed by atoms with Crippen molar-refractivity contribution in [2.75, 3.05) is 39.6 Å². The second-order valence-corrected chi connectivity index (χ2v) is 35.0. The standard InChI is InChI=1S/C88H172O17P2/c1-6-9-12-15-18-21-24-26-28-30-32-34-36-38-40-42-44-47-53-58-63-68-73-87(92)104-83(78-99-86(91)72-67-62-57-52-46-43-41-39-37-35-33-31-29-27-25-22-19-16-13-10-7-2)79-102-106(94,95)100-75-82(89)76-101-107(96,97)103-80-84(77-98-85(90)71-66-61-56-51-45-23-20-17-14-11-8-3)105-88(93)74-69-64-59-54-49-48-50-55-60-65-70-81(4)5/h81-84,89H,6-80H2,1-5H3,(H,94,95)(H,96,97)/t82-,83-,84-/m1/s1. The third-order valence-corrected chi connectivity index (χ3v) is 22.7. The van der Waals surface area contributed by atoms with E-state index in [0.29, 0.717) is 25.7 Å². The summed E-state index contributed by atoms with van der Waals surface area (Å²) in [4.78, 5) is 73.2. The quantitative estimate of drug-likeness (QED) is 0.0222. The predicted octanol–water partition coefficient (Wildman–Crippen LogP) is 27.2. The van der Waals surface area contributed by atoms with Gasteiger partial charge in [0.05, 0.1) is 26.4 Å².